The van der Waals surface area contributed by atoms with Crippen LogP contribution in [-0.2, 0) is 0 Å². The van der Waals surface area contributed by atoms with Crippen molar-refractivity contribution >= 4 is 16.9 Å². The summed E-state index contributed by atoms with van der Waals surface area (Å²) in [5.41, 5.74) is 1.59. The van der Waals surface area contributed by atoms with E-state index in [1.807, 2.05) is 13.8 Å². The molecule has 0 radical (unpaired) electrons. The van der Waals surface area contributed by atoms with Crippen LogP contribution in [0.5, 0.6) is 0 Å². The van der Waals surface area contributed by atoms with Gasteiger partial charge < -0.3 is 9.88 Å². The first-order valence-corrected chi connectivity index (χ1v) is 8.53. The molecular weight excluding hydrogens is 329 g/mol. The average Bonchev–Trinajstić information content (AvgIpc) is 3.01. The summed E-state index contributed by atoms with van der Waals surface area (Å²) >= 11 is 0. The number of alkyl halides is 3. The number of halogens is 3. The number of H-pyrrole nitrogens is 1. The molecule has 3 rings (SSSR count). The fourth-order valence-electron chi connectivity index (χ4n) is 3.81. The zero-order chi connectivity index (χ0) is 18.2. The predicted octanol–water partition coefficient (Wildman–Crippen LogP) is 4.71. The van der Waals surface area contributed by atoms with E-state index < -0.39 is 12.7 Å². The third kappa shape index (κ3) is 3.80. The number of fused-ring (bicyclic) bond motifs is 1. The number of anilines is 1. The Kier molecular flexibility index (Phi) is 4.75. The van der Waals surface area contributed by atoms with Gasteiger partial charge in [-0.15, -0.1) is 0 Å². The fourth-order valence-corrected chi connectivity index (χ4v) is 3.81. The van der Waals surface area contributed by atoms with Crippen LogP contribution in [0.1, 0.15) is 33.1 Å². The van der Waals surface area contributed by atoms with Crippen LogP contribution in [0.15, 0.2) is 30.7 Å². The summed E-state index contributed by atoms with van der Waals surface area (Å²) in [6.45, 7) is 6.99. The molecule has 1 fully saturated rings. The predicted molar refractivity (Wildman–Crippen MR) is 92.4 cm³/mol. The molecule has 3 atom stereocenters. The van der Waals surface area contributed by atoms with Gasteiger partial charge in [-0.2, -0.15) is 13.2 Å². The number of aromatic amines is 1. The molecule has 1 aliphatic carbocycles. The van der Waals surface area contributed by atoms with Crippen molar-refractivity contribution in [3.63, 3.8) is 0 Å². The molecular formula is C18H23F3N4. The van der Waals surface area contributed by atoms with Crippen molar-refractivity contribution in [3.05, 3.63) is 30.7 Å². The molecule has 0 spiro atoms. The summed E-state index contributed by atoms with van der Waals surface area (Å²) < 4.78 is 40.0. The lowest BCUT2D eigenvalue weighted by molar-refractivity contribution is -0.121. The van der Waals surface area contributed by atoms with Gasteiger partial charge in [0, 0.05) is 12.2 Å². The first-order chi connectivity index (χ1) is 11.8. The van der Waals surface area contributed by atoms with E-state index in [2.05, 4.69) is 21.5 Å². The Bertz CT molecular complexity index is 752. The molecule has 25 heavy (non-hydrogen) atoms. The summed E-state index contributed by atoms with van der Waals surface area (Å²) in [7, 11) is 0. The Morgan fingerprint density at radius 1 is 1.36 bits per heavy atom. The van der Waals surface area contributed by atoms with Gasteiger partial charge in [0.25, 0.3) is 0 Å². The van der Waals surface area contributed by atoms with Crippen LogP contribution in [0.4, 0.5) is 19.0 Å². The number of rotatable bonds is 4. The van der Waals surface area contributed by atoms with Gasteiger partial charge in [0.2, 0.25) is 0 Å². The van der Waals surface area contributed by atoms with Gasteiger partial charge in [0.05, 0.1) is 5.39 Å². The lowest BCUT2D eigenvalue weighted by Gasteiger charge is -2.42. The van der Waals surface area contributed by atoms with E-state index in [-0.39, 0.29) is 17.9 Å². The summed E-state index contributed by atoms with van der Waals surface area (Å²) in [5, 5.41) is 0.622. The van der Waals surface area contributed by atoms with Gasteiger partial charge in [-0.1, -0.05) is 19.1 Å². The van der Waals surface area contributed by atoms with E-state index in [4.69, 9.17) is 0 Å². The van der Waals surface area contributed by atoms with E-state index >= 15 is 0 Å². The summed E-state index contributed by atoms with van der Waals surface area (Å²) in [4.78, 5) is 12.7. The highest BCUT2D eigenvalue weighted by molar-refractivity contribution is 5.87. The van der Waals surface area contributed by atoms with E-state index in [0.717, 1.165) is 18.4 Å². The van der Waals surface area contributed by atoms with Crippen molar-refractivity contribution in [1.29, 1.82) is 0 Å². The maximum absolute atomic E-state index is 13.3. The number of aromatic nitrogens is 3. The topological polar surface area (TPSA) is 44.8 Å². The maximum Gasteiger partial charge on any atom is 0.405 e. The zero-order valence-electron chi connectivity index (χ0n) is 14.5. The van der Waals surface area contributed by atoms with Crippen molar-refractivity contribution in [2.24, 2.45) is 11.8 Å². The van der Waals surface area contributed by atoms with E-state index in [9.17, 15) is 13.2 Å². The fraction of sp³-hybridized carbons (Fsp3) is 0.556. The number of hydrogen-bond donors (Lipinski definition) is 1. The van der Waals surface area contributed by atoms with Crippen LogP contribution < -0.4 is 4.90 Å². The monoisotopic (exact) mass is 352 g/mol. The molecule has 3 unspecified atom stereocenters. The Hall–Kier alpha value is -2.05. The molecule has 1 aliphatic rings. The number of hydrogen-bond acceptors (Lipinski definition) is 3. The van der Waals surface area contributed by atoms with Crippen LogP contribution >= 0.6 is 0 Å². The zero-order valence-corrected chi connectivity index (χ0v) is 14.5. The van der Waals surface area contributed by atoms with Crippen molar-refractivity contribution < 1.29 is 13.2 Å². The van der Waals surface area contributed by atoms with Crippen molar-refractivity contribution in [1.82, 2.24) is 15.0 Å². The second kappa shape index (κ2) is 6.69. The lowest BCUT2D eigenvalue weighted by atomic mass is 9.76. The van der Waals surface area contributed by atoms with Crippen LogP contribution in [-0.4, -0.2) is 33.7 Å². The third-order valence-electron chi connectivity index (χ3n) is 5.21. The Morgan fingerprint density at radius 3 is 2.80 bits per heavy atom. The number of nitrogens with one attached hydrogen (secondary N) is 1. The maximum atomic E-state index is 13.3. The normalized spacial score (nSPS) is 24.4. The van der Waals surface area contributed by atoms with Gasteiger partial charge in [0.1, 0.15) is 24.3 Å². The molecule has 4 nitrogen and oxygen atoms in total. The molecule has 2 aromatic heterocycles. The van der Waals surface area contributed by atoms with Crippen molar-refractivity contribution in [3.8, 4) is 0 Å². The molecule has 136 valence electrons. The second-order valence-corrected chi connectivity index (χ2v) is 7.08. The minimum absolute atomic E-state index is 0.155. The molecule has 0 amide bonds. The van der Waals surface area contributed by atoms with Gasteiger partial charge in [-0.3, -0.25) is 0 Å². The number of nitrogens with zero attached hydrogens (tertiary/aromatic N) is 3. The summed E-state index contributed by atoms with van der Waals surface area (Å²) in [6.07, 6.45) is 1.23. The Morgan fingerprint density at radius 2 is 2.12 bits per heavy atom. The molecule has 0 aromatic carbocycles. The van der Waals surface area contributed by atoms with Crippen molar-refractivity contribution in [2.45, 2.75) is 45.3 Å². The highest BCUT2D eigenvalue weighted by atomic mass is 19.4. The Balaban J connectivity index is 2.02. The van der Waals surface area contributed by atoms with E-state index in [0.29, 0.717) is 23.3 Å². The summed E-state index contributed by atoms with van der Waals surface area (Å²) in [6, 6.07) is 1.50. The van der Waals surface area contributed by atoms with Gasteiger partial charge >= 0.3 is 6.18 Å². The third-order valence-corrected chi connectivity index (χ3v) is 5.21. The minimum atomic E-state index is -4.30. The second-order valence-electron chi connectivity index (χ2n) is 7.08. The van der Waals surface area contributed by atoms with Gasteiger partial charge in [-0.05, 0) is 44.1 Å². The van der Waals surface area contributed by atoms with Gasteiger partial charge in [-0.25, -0.2) is 9.97 Å². The molecule has 2 heterocycles. The van der Waals surface area contributed by atoms with E-state index in [1.165, 1.54) is 11.2 Å². The summed E-state index contributed by atoms with van der Waals surface area (Å²) in [5.74, 6) is 0.755. The number of allylic oxidation sites excluding steroid dienone is 1. The van der Waals surface area contributed by atoms with Gasteiger partial charge in [0.15, 0.2) is 0 Å². The van der Waals surface area contributed by atoms with Crippen LogP contribution in [0.2, 0.25) is 0 Å². The SMILES string of the molecule is C=C(C)C1CCC(C)C(N(CC(F)(F)F)c2ncnc3[nH]ccc23)C1. The highest BCUT2D eigenvalue weighted by Crippen LogP contribution is 2.39. The first kappa shape index (κ1) is 17.8. The Labute approximate surface area is 145 Å². The highest BCUT2D eigenvalue weighted by Gasteiger charge is 2.39. The largest absolute Gasteiger partial charge is 0.405 e. The molecule has 0 saturated heterocycles. The van der Waals surface area contributed by atoms with Crippen molar-refractivity contribution in [2.75, 3.05) is 11.4 Å². The molecule has 2 aromatic rings. The van der Waals surface area contributed by atoms with Crippen LogP contribution in [0.25, 0.3) is 11.0 Å². The minimum Gasteiger partial charge on any atom is -0.346 e. The quantitative estimate of drug-likeness (QED) is 0.811. The lowest BCUT2D eigenvalue weighted by Crippen LogP contribution is -2.48. The average molecular weight is 352 g/mol. The molecule has 7 heteroatoms. The molecule has 1 N–H and O–H groups in total. The van der Waals surface area contributed by atoms with Crippen LogP contribution in [0.3, 0.4) is 0 Å². The van der Waals surface area contributed by atoms with E-state index in [1.54, 1.807) is 12.3 Å². The molecule has 1 saturated carbocycles. The molecule has 0 aliphatic heterocycles. The standard InChI is InChI=1S/C18H23F3N4/c1-11(2)13-5-4-12(3)15(8-13)25(9-18(19,20)21)17-14-6-7-22-16(14)23-10-24-17/h6-7,10,12-13,15H,1,4-5,8-9H2,2-3H3,(H,22,23,24). The van der Waals surface area contributed by atoms with Crippen LogP contribution in [0, 0.1) is 11.8 Å². The first-order valence-electron chi connectivity index (χ1n) is 8.53. The smallest absolute Gasteiger partial charge is 0.346 e. The molecule has 0 bridgehead atoms.